The van der Waals surface area contributed by atoms with Crippen molar-refractivity contribution >= 4 is 58.2 Å². The van der Waals surface area contributed by atoms with Gasteiger partial charge in [0.25, 0.3) is 11.1 Å². The highest BCUT2D eigenvalue weighted by atomic mass is 35.5. The lowest BCUT2D eigenvalue weighted by molar-refractivity contribution is -0.139. The van der Waals surface area contributed by atoms with Gasteiger partial charge in [-0.3, -0.25) is 14.5 Å². The average molecular weight is 406 g/mol. The average Bonchev–Trinajstić information content (AvgIpc) is 2.78. The van der Waals surface area contributed by atoms with Gasteiger partial charge < -0.3 is 14.6 Å². The van der Waals surface area contributed by atoms with Gasteiger partial charge in [0.2, 0.25) is 0 Å². The fraction of sp³-hybridized carbons (Fsp3) is 0.267. The first-order chi connectivity index (χ1) is 11.8. The summed E-state index contributed by atoms with van der Waals surface area (Å²) in [5.74, 6) is -1.55. The smallest absolute Gasteiger partial charge is 0.341 e. The molecule has 1 heterocycles. The van der Waals surface area contributed by atoms with Crippen LogP contribution in [0.15, 0.2) is 17.0 Å². The molecule has 0 saturated carbocycles. The molecule has 1 aromatic rings. The highest BCUT2D eigenvalue weighted by Gasteiger charge is 2.34. The van der Waals surface area contributed by atoms with Crippen molar-refractivity contribution in [3.05, 3.63) is 32.6 Å². The van der Waals surface area contributed by atoms with Crippen LogP contribution < -0.4 is 4.74 Å². The predicted octanol–water partition coefficient (Wildman–Crippen LogP) is 3.14. The van der Waals surface area contributed by atoms with Crippen molar-refractivity contribution < 1.29 is 29.0 Å². The van der Waals surface area contributed by atoms with E-state index in [-0.39, 0.29) is 39.1 Å². The lowest BCUT2D eigenvalue weighted by Gasteiger charge is -2.11. The van der Waals surface area contributed by atoms with Gasteiger partial charge in [-0.2, -0.15) is 0 Å². The number of halogens is 2. The Morgan fingerprint density at radius 2 is 1.96 bits per heavy atom. The summed E-state index contributed by atoms with van der Waals surface area (Å²) in [7, 11) is 1.48. The molecule has 1 aliphatic rings. The summed E-state index contributed by atoms with van der Waals surface area (Å²) in [6, 6.07) is 2.93. The van der Waals surface area contributed by atoms with E-state index >= 15 is 0 Å². The third kappa shape index (κ3) is 4.88. The van der Waals surface area contributed by atoms with Crippen molar-refractivity contribution in [1.29, 1.82) is 0 Å². The molecule has 0 atom stereocenters. The third-order valence-corrected chi connectivity index (χ3v) is 4.52. The van der Waals surface area contributed by atoms with Crippen molar-refractivity contribution in [2.45, 2.75) is 0 Å². The molecule has 0 spiro atoms. The normalized spacial score (nSPS) is 16.0. The molecule has 1 fully saturated rings. The SMILES string of the molecule is COCCN1C(=O)S/C(=C/c2cc(Cl)c(OCC(=O)O)c(Cl)c2)C1=O. The summed E-state index contributed by atoms with van der Waals surface area (Å²) in [4.78, 5) is 36.0. The number of benzene rings is 1. The van der Waals surface area contributed by atoms with Crippen molar-refractivity contribution in [2.75, 3.05) is 26.9 Å². The number of amides is 2. The van der Waals surface area contributed by atoms with E-state index in [9.17, 15) is 14.4 Å². The summed E-state index contributed by atoms with van der Waals surface area (Å²) >= 11 is 12.9. The van der Waals surface area contributed by atoms with Crippen LogP contribution in [0.1, 0.15) is 5.56 Å². The van der Waals surface area contributed by atoms with Gasteiger partial charge in [-0.15, -0.1) is 0 Å². The molecule has 2 amide bonds. The van der Waals surface area contributed by atoms with E-state index in [1.807, 2.05) is 0 Å². The van der Waals surface area contributed by atoms with Crippen molar-refractivity contribution in [3.63, 3.8) is 0 Å². The Bertz CT molecular complexity index is 729. The van der Waals surface area contributed by atoms with Crippen LogP contribution >= 0.6 is 35.0 Å². The van der Waals surface area contributed by atoms with E-state index in [2.05, 4.69) is 0 Å². The van der Waals surface area contributed by atoms with E-state index in [1.165, 1.54) is 25.3 Å². The van der Waals surface area contributed by atoms with Crippen LogP contribution in [-0.4, -0.2) is 54.0 Å². The fourth-order valence-electron chi connectivity index (χ4n) is 1.96. The number of methoxy groups -OCH3 is 1. The van der Waals surface area contributed by atoms with Gasteiger partial charge in [0.15, 0.2) is 12.4 Å². The summed E-state index contributed by atoms with van der Waals surface area (Å²) in [5, 5.41) is 8.44. The quantitative estimate of drug-likeness (QED) is 0.696. The number of nitrogens with zero attached hydrogens (tertiary/aromatic N) is 1. The van der Waals surface area contributed by atoms with E-state index < -0.39 is 18.5 Å². The van der Waals surface area contributed by atoms with Crippen LogP contribution in [0.2, 0.25) is 10.0 Å². The van der Waals surface area contributed by atoms with E-state index in [0.29, 0.717) is 5.56 Å². The highest BCUT2D eigenvalue weighted by Crippen LogP contribution is 2.37. The maximum atomic E-state index is 12.2. The Morgan fingerprint density at radius 3 is 2.52 bits per heavy atom. The molecule has 0 aromatic heterocycles. The second kappa shape index (κ2) is 8.57. The second-order valence-electron chi connectivity index (χ2n) is 4.82. The summed E-state index contributed by atoms with van der Waals surface area (Å²) in [5.41, 5.74) is 0.481. The largest absolute Gasteiger partial charge is 0.479 e. The van der Waals surface area contributed by atoms with Crippen molar-refractivity contribution in [3.8, 4) is 5.75 Å². The number of thioether (sulfide) groups is 1. The number of hydrogen-bond donors (Lipinski definition) is 1. The zero-order chi connectivity index (χ0) is 18.6. The fourth-order valence-corrected chi connectivity index (χ4v) is 3.44. The minimum atomic E-state index is -1.17. The third-order valence-electron chi connectivity index (χ3n) is 3.05. The molecule has 1 N–H and O–H groups in total. The summed E-state index contributed by atoms with van der Waals surface area (Å²) < 4.78 is 9.89. The molecule has 1 aliphatic heterocycles. The summed E-state index contributed by atoms with van der Waals surface area (Å²) in [6.45, 7) is -0.169. The standard InChI is InChI=1S/C15H13Cl2NO6S/c1-23-3-2-18-14(21)11(25-15(18)22)6-8-4-9(16)13(10(17)5-8)24-7-12(19)20/h4-6H,2-3,7H2,1H3,(H,19,20)/b11-6+. The Morgan fingerprint density at radius 1 is 1.32 bits per heavy atom. The van der Waals surface area contributed by atoms with Crippen LogP contribution in [-0.2, 0) is 14.3 Å². The molecule has 0 bridgehead atoms. The summed E-state index contributed by atoms with van der Waals surface area (Å²) in [6.07, 6.45) is 1.48. The molecule has 0 radical (unpaired) electrons. The first-order valence-corrected chi connectivity index (χ1v) is 8.48. The Labute approximate surface area is 157 Å². The first-order valence-electron chi connectivity index (χ1n) is 6.91. The topological polar surface area (TPSA) is 93.1 Å². The van der Waals surface area contributed by atoms with Crippen LogP contribution in [0, 0.1) is 0 Å². The molecule has 1 aromatic carbocycles. The number of carboxylic acids is 1. The Kier molecular flexibility index (Phi) is 6.71. The van der Waals surface area contributed by atoms with Gasteiger partial charge in [-0.05, 0) is 35.5 Å². The number of carboxylic acid groups (broad SMARTS) is 1. The predicted molar refractivity (Wildman–Crippen MR) is 94.1 cm³/mol. The molecule has 25 heavy (non-hydrogen) atoms. The minimum absolute atomic E-state index is 0.0380. The van der Waals surface area contributed by atoms with E-state index in [0.717, 1.165) is 16.7 Å². The monoisotopic (exact) mass is 405 g/mol. The van der Waals surface area contributed by atoms with Crippen molar-refractivity contribution in [2.24, 2.45) is 0 Å². The van der Waals surface area contributed by atoms with Gasteiger partial charge in [0, 0.05) is 7.11 Å². The molecule has 2 rings (SSSR count). The number of carbonyl (C=O) groups is 3. The Hall–Kier alpha value is -1.74. The van der Waals surface area contributed by atoms with E-state index in [4.69, 9.17) is 37.8 Å². The zero-order valence-corrected chi connectivity index (χ0v) is 15.3. The number of hydrogen-bond acceptors (Lipinski definition) is 6. The number of carbonyl (C=O) groups excluding carboxylic acids is 2. The van der Waals surface area contributed by atoms with Gasteiger partial charge in [-0.25, -0.2) is 4.79 Å². The van der Waals surface area contributed by atoms with E-state index in [1.54, 1.807) is 0 Å². The number of ether oxygens (including phenoxy) is 2. The number of imide groups is 1. The maximum absolute atomic E-state index is 12.2. The highest BCUT2D eigenvalue weighted by molar-refractivity contribution is 8.18. The lowest BCUT2D eigenvalue weighted by atomic mass is 10.2. The molecule has 0 aliphatic carbocycles. The number of aliphatic carboxylic acids is 1. The molecule has 0 unspecified atom stereocenters. The molecular weight excluding hydrogens is 393 g/mol. The lowest BCUT2D eigenvalue weighted by Crippen LogP contribution is -2.31. The molecule has 134 valence electrons. The van der Waals surface area contributed by atoms with Crippen LogP contribution in [0.25, 0.3) is 6.08 Å². The van der Waals surface area contributed by atoms with Crippen LogP contribution in [0.3, 0.4) is 0 Å². The van der Waals surface area contributed by atoms with Gasteiger partial charge >= 0.3 is 5.97 Å². The molecule has 7 nitrogen and oxygen atoms in total. The Balaban J connectivity index is 2.22. The second-order valence-corrected chi connectivity index (χ2v) is 6.63. The zero-order valence-electron chi connectivity index (χ0n) is 13.0. The number of rotatable bonds is 7. The van der Waals surface area contributed by atoms with Crippen LogP contribution in [0.5, 0.6) is 5.75 Å². The molecular formula is C15H13Cl2NO6S. The maximum Gasteiger partial charge on any atom is 0.341 e. The van der Waals surface area contributed by atoms with Crippen LogP contribution in [0.4, 0.5) is 4.79 Å². The molecule has 10 heteroatoms. The van der Waals surface area contributed by atoms with Gasteiger partial charge in [0.1, 0.15) is 0 Å². The van der Waals surface area contributed by atoms with Crippen molar-refractivity contribution in [1.82, 2.24) is 4.90 Å². The minimum Gasteiger partial charge on any atom is -0.479 e. The van der Waals surface area contributed by atoms with Gasteiger partial charge in [0.05, 0.1) is 28.1 Å². The van der Waals surface area contributed by atoms with Gasteiger partial charge in [-0.1, -0.05) is 23.2 Å². The first kappa shape index (κ1) is 19.6. The molecule has 1 saturated heterocycles.